The summed E-state index contributed by atoms with van der Waals surface area (Å²) in [6.45, 7) is 1.35. The van der Waals surface area contributed by atoms with Crippen molar-refractivity contribution in [2.24, 2.45) is 5.92 Å². The summed E-state index contributed by atoms with van der Waals surface area (Å²) < 4.78 is 0. The van der Waals surface area contributed by atoms with Gasteiger partial charge in [-0.3, -0.25) is 9.59 Å². The number of carboxylic acid groups (broad SMARTS) is 1. The molecule has 1 saturated heterocycles. The molecule has 2 rings (SSSR count). The number of benzene rings is 1. The maximum atomic E-state index is 12.2. The Kier molecular flexibility index (Phi) is 4.43. The summed E-state index contributed by atoms with van der Waals surface area (Å²) in [7, 11) is 0. The van der Waals surface area contributed by atoms with Crippen LogP contribution in [0.15, 0.2) is 24.3 Å². The lowest BCUT2D eigenvalue weighted by Crippen LogP contribution is -2.28. The van der Waals surface area contributed by atoms with E-state index in [1.807, 2.05) is 0 Å². The molecule has 1 aliphatic heterocycles. The Labute approximate surface area is 117 Å². The molecule has 1 atom stereocenters. The van der Waals surface area contributed by atoms with Crippen molar-refractivity contribution < 1.29 is 14.7 Å². The van der Waals surface area contributed by atoms with Crippen molar-refractivity contribution in [3.63, 3.8) is 0 Å². The van der Waals surface area contributed by atoms with Gasteiger partial charge in [0.05, 0.1) is 0 Å². The largest absolute Gasteiger partial charge is 0.481 e. The highest BCUT2D eigenvalue weighted by atomic mass is 35.5. The van der Waals surface area contributed by atoms with E-state index in [9.17, 15) is 9.59 Å². The van der Waals surface area contributed by atoms with Crippen molar-refractivity contribution in [3.05, 3.63) is 34.9 Å². The smallest absolute Gasteiger partial charge is 0.303 e. The molecule has 1 aromatic rings. The zero-order valence-electron chi connectivity index (χ0n) is 10.5. The van der Waals surface area contributed by atoms with Crippen molar-refractivity contribution >= 4 is 23.5 Å². The summed E-state index contributed by atoms with van der Waals surface area (Å²) in [5.41, 5.74) is 0.628. The number of halogens is 1. The van der Waals surface area contributed by atoms with Crippen LogP contribution in [0.1, 0.15) is 29.6 Å². The van der Waals surface area contributed by atoms with Crippen molar-refractivity contribution in [2.45, 2.75) is 19.3 Å². The van der Waals surface area contributed by atoms with E-state index in [-0.39, 0.29) is 12.3 Å². The normalized spacial score (nSPS) is 18.6. The summed E-state index contributed by atoms with van der Waals surface area (Å²) >= 11 is 5.79. The second kappa shape index (κ2) is 6.06. The predicted octanol–water partition coefficient (Wildman–Crippen LogP) is 2.67. The molecule has 1 unspecified atom stereocenters. The standard InChI is InChI=1S/C14H16ClNO3/c15-12-4-2-11(3-5-12)14(19)16-8-7-10(9-16)1-6-13(17)18/h2-5,10H,1,6-9H2,(H,17,18). The summed E-state index contributed by atoms with van der Waals surface area (Å²) in [5, 5.41) is 9.27. The Morgan fingerprint density at radius 3 is 2.63 bits per heavy atom. The van der Waals surface area contributed by atoms with Gasteiger partial charge >= 0.3 is 5.97 Å². The van der Waals surface area contributed by atoms with Gasteiger partial charge in [-0.05, 0) is 43.0 Å². The molecule has 19 heavy (non-hydrogen) atoms. The third-order valence-corrected chi connectivity index (χ3v) is 3.68. The van der Waals surface area contributed by atoms with E-state index >= 15 is 0 Å². The molecule has 0 bridgehead atoms. The Morgan fingerprint density at radius 2 is 2.00 bits per heavy atom. The maximum absolute atomic E-state index is 12.2. The summed E-state index contributed by atoms with van der Waals surface area (Å²) in [6, 6.07) is 6.84. The van der Waals surface area contributed by atoms with Gasteiger partial charge in [0.15, 0.2) is 0 Å². The molecule has 1 N–H and O–H groups in total. The van der Waals surface area contributed by atoms with E-state index in [2.05, 4.69) is 0 Å². The number of aliphatic carboxylic acids is 1. The van der Waals surface area contributed by atoms with Crippen LogP contribution < -0.4 is 0 Å². The average Bonchev–Trinajstić information content (AvgIpc) is 2.85. The Balaban J connectivity index is 1.91. The van der Waals surface area contributed by atoms with Crippen molar-refractivity contribution in [2.75, 3.05) is 13.1 Å². The van der Waals surface area contributed by atoms with Crippen LogP contribution in [0.25, 0.3) is 0 Å². The highest BCUT2D eigenvalue weighted by Crippen LogP contribution is 2.23. The van der Waals surface area contributed by atoms with Gasteiger partial charge in [-0.2, -0.15) is 0 Å². The highest BCUT2D eigenvalue weighted by Gasteiger charge is 2.27. The second-order valence-electron chi connectivity index (χ2n) is 4.85. The molecule has 0 aliphatic carbocycles. The quantitative estimate of drug-likeness (QED) is 0.923. The molecule has 0 saturated carbocycles. The number of hydrogen-bond acceptors (Lipinski definition) is 2. The third-order valence-electron chi connectivity index (χ3n) is 3.43. The van der Waals surface area contributed by atoms with Crippen molar-refractivity contribution in [1.29, 1.82) is 0 Å². The van der Waals surface area contributed by atoms with Crippen LogP contribution in [-0.2, 0) is 4.79 Å². The lowest BCUT2D eigenvalue weighted by Gasteiger charge is -2.16. The molecule has 4 nitrogen and oxygen atoms in total. The zero-order valence-corrected chi connectivity index (χ0v) is 11.3. The Bertz CT molecular complexity index is 472. The van der Waals surface area contributed by atoms with E-state index < -0.39 is 5.97 Å². The fourth-order valence-electron chi connectivity index (χ4n) is 2.36. The molecule has 1 aromatic carbocycles. The number of nitrogens with zero attached hydrogens (tertiary/aromatic N) is 1. The van der Waals surface area contributed by atoms with Crippen LogP contribution in [0, 0.1) is 5.92 Å². The van der Waals surface area contributed by atoms with Crippen LogP contribution in [0.2, 0.25) is 5.02 Å². The topological polar surface area (TPSA) is 57.6 Å². The predicted molar refractivity (Wildman–Crippen MR) is 72.3 cm³/mol. The summed E-state index contributed by atoms with van der Waals surface area (Å²) in [4.78, 5) is 24.5. The monoisotopic (exact) mass is 281 g/mol. The zero-order chi connectivity index (χ0) is 13.8. The molecular weight excluding hydrogens is 266 g/mol. The number of carboxylic acids is 1. The van der Waals surface area contributed by atoms with Crippen LogP contribution in [0.4, 0.5) is 0 Å². The Morgan fingerprint density at radius 1 is 1.32 bits per heavy atom. The number of likely N-dealkylation sites (tertiary alicyclic amines) is 1. The van der Waals surface area contributed by atoms with Gasteiger partial charge < -0.3 is 10.0 Å². The third kappa shape index (κ3) is 3.70. The molecule has 1 aliphatic rings. The van der Waals surface area contributed by atoms with E-state index in [1.165, 1.54) is 0 Å². The summed E-state index contributed by atoms with van der Waals surface area (Å²) in [6.07, 6.45) is 1.69. The SMILES string of the molecule is O=C(O)CCC1CCN(C(=O)c2ccc(Cl)cc2)C1. The van der Waals surface area contributed by atoms with Gasteiger partial charge in [-0.1, -0.05) is 11.6 Å². The number of amides is 1. The average molecular weight is 282 g/mol. The van der Waals surface area contributed by atoms with Gasteiger partial charge in [0.2, 0.25) is 0 Å². The van der Waals surface area contributed by atoms with Crippen LogP contribution in [0.5, 0.6) is 0 Å². The highest BCUT2D eigenvalue weighted by molar-refractivity contribution is 6.30. The molecule has 102 valence electrons. The molecule has 5 heteroatoms. The molecule has 0 spiro atoms. The minimum absolute atomic E-state index is 0.00510. The molecule has 1 amide bonds. The first-order valence-corrected chi connectivity index (χ1v) is 6.70. The minimum Gasteiger partial charge on any atom is -0.481 e. The number of carbonyl (C=O) groups excluding carboxylic acids is 1. The van der Waals surface area contributed by atoms with E-state index in [1.54, 1.807) is 29.2 Å². The van der Waals surface area contributed by atoms with E-state index in [0.29, 0.717) is 36.0 Å². The van der Waals surface area contributed by atoms with E-state index in [0.717, 1.165) is 6.42 Å². The molecule has 0 radical (unpaired) electrons. The van der Waals surface area contributed by atoms with E-state index in [4.69, 9.17) is 16.7 Å². The second-order valence-corrected chi connectivity index (χ2v) is 5.28. The first kappa shape index (κ1) is 13.9. The van der Waals surface area contributed by atoms with Gasteiger partial charge in [0.1, 0.15) is 0 Å². The minimum atomic E-state index is -0.775. The number of hydrogen-bond donors (Lipinski definition) is 1. The van der Waals surface area contributed by atoms with Crippen LogP contribution >= 0.6 is 11.6 Å². The fourth-order valence-corrected chi connectivity index (χ4v) is 2.48. The molecule has 0 aromatic heterocycles. The van der Waals surface area contributed by atoms with Crippen LogP contribution in [-0.4, -0.2) is 35.0 Å². The van der Waals surface area contributed by atoms with Crippen molar-refractivity contribution in [3.8, 4) is 0 Å². The van der Waals surface area contributed by atoms with Gasteiger partial charge in [0, 0.05) is 30.1 Å². The Hall–Kier alpha value is -1.55. The number of rotatable bonds is 4. The van der Waals surface area contributed by atoms with Gasteiger partial charge in [-0.15, -0.1) is 0 Å². The lowest BCUT2D eigenvalue weighted by molar-refractivity contribution is -0.137. The van der Waals surface area contributed by atoms with Crippen molar-refractivity contribution in [1.82, 2.24) is 4.90 Å². The first-order chi connectivity index (χ1) is 9.06. The molecule has 1 fully saturated rings. The van der Waals surface area contributed by atoms with Crippen LogP contribution in [0.3, 0.4) is 0 Å². The van der Waals surface area contributed by atoms with Gasteiger partial charge in [-0.25, -0.2) is 0 Å². The molecule has 1 heterocycles. The first-order valence-electron chi connectivity index (χ1n) is 6.33. The fraction of sp³-hybridized carbons (Fsp3) is 0.429. The maximum Gasteiger partial charge on any atom is 0.303 e. The molecular formula is C14H16ClNO3. The lowest BCUT2D eigenvalue weighted by atomic mass is 10.0. The summed E-state index contributed by atoms with van der Waals surface area (Å²) in [5.74, 6) is -0.482. The van der Waals surface area contributed by atoms with Gasteiger partial charge in [0.25, 0.3) is 5.91 Å². The number of carbonyl (C=O) groups is 2.